The molecular formula is C98H146N5+5. The van der Waals surface area contributed by atoms with Crippen LogP contribution in [0.2, 0.25) is 0 Å². The Balaban J connectivity index is 0.000000715. The van der Waals surface area contributed by atoms with E-state index in [0.717, 1.165) is 57.6 Å². The summed E-state index contributed by atoms with van der Waals surface area (Å²) in [7, 11) is 9.95. The lowest BCUT2D eigenvalue weighted by Gasteiger charge is -2.19. The number of rotatable bonds is 13. The molecule has 2 unspecified atom stereocenters. The summed E-state index contributed by atoms with van der Waals surface area (Å²) in [5, 5.41) is 0. The van der Waals surface area contributed by atoms with E-state index in [4.69, 9.17) is 16.4 Å². The fourth-order valence-electron chi connectivity index (χ4n) is 12.4. The van der Waals surface area contributed by atoms with Crippen LogP contribution in [0.25, 0.3) is 56.3 Å². The SMILES string of the molecule is C.C.C.C.C.Cc1cc(-c2ccccc2C)[n+](C)cc1CC(C)(C)C.Cc1cc(-c2ccccc2C)[n+](C)cc1CC(C)C.[2H]C([2H])([2H])C([2H])(C)c1cc(C([2H])(C)C([2H])([2H])[2H])c(-c2ccccc2C)[n+](C)c1.[2H]C([2H])(c1c[n+](C)c(-c2ccccc2C)cc1C)C(C)(C)C.[2H]C([2H])(c1c[n+](C)c(-c2ccccc2C)cc1C)C(C)C. The monoisotopic (exact) mass is 1410 g/mol. The molecule has 103 heavy (non-hydrogen) atoms. The largest absolute Gasteiger partial charge is 0.216 e. The third-order valence-electron chi connectivity index (χ3n) is 17.6. The second-order valence-corrected chi connectivity index (χ2v) is 30.1. The van der Waals surface area contributed by atoms with Crippen molar-refractivity contribution in [3.63, 3.8) is 0 Å². The molecule has 5 aromatic carbocycles. The lowest BCUT2D eigenvalue weighted by Crippen LogP contribution is -2.33. The smallest absolute Gasteiger partial charge is 0.201 e. The highest BCUT2D eigenvalue weighted by atomic mass is 14.9. The van der Waals surface area contributed by atoms with Crippen molar-refractivity contribution in [2.75, 3.05) is 0 Å². The molecule has 0 amide bonds. The Kier molecular flexibility index (Phi) is 29.4. The Bertz CT molecular complexity index is 4850. The van der Waals surface area contributed by atoms with Crippen LogP contribution in [-0.2, 0) is 60.8 Å². The van der Waals surface area contributed by atoms with Crippen LogP contribution in [0.5, 0.6) is 0 Å². The molecule has 0 aliphatic rings. The van der Waals surface area contributed by atoms with E-state index < -0.39 is 43.7 Å². The van der Waals surface area contributed by atoms with Gasteiger partial charge in [-0.15, -0.1) is 0 Å². The van der Waals surface area contributed by atoms with E-state index in [-0.39, 0.29) is 54.2 Å². The van der Waals surface area contributed by atoms with Gasteiger partial charge >= 0.3 is 0 Å². The van der Waals surface area contributed by atoms with Gasteiger partial charge in [0.2, 0.25) is 28.5 Å². The van der Waals surface area contributed by atoms with E-state index in [2.05, 4.69) is 209 Å². The first kappa shape index (κ1) is 73.2. The number of hydrogen-bond donors (Lipinski definition) is 0. The summed E-state index contributed by atoms with van der Waals surface area (Å²) in [5.41, 5.74) is 26.5. The van der Waals surface area contributed by atoms with Crippen molar-refractivity contribution in [3.8, 4) is 56.3 Å². The van der Waals surface area contributed by atoms with Crippen LogP contribution in [0.1, 0.15) is 246 Å². The fraction of sp³-hybridized carbons (Fsp3) is 0.439. The summed E-state index contributed by atoms with van der Waals surface area (Å²) in [5.74, 6) is -3.30. The molecule has 0 spiro atoms. The van der Waals surface area contributed by atoms with Crippen molar-refractivity contribution in [2.45, 2.75) is 234 Å². The molecule has 558 valence electrons. The Hall–Kier alpha value is -8.15. The second kappa shape index (κ2) is 41.4. The van der Waals surface area contributed by atoms with Crippen molar-refractivity contribution in [2.24, 2.45) is 57.9 Å². The van der Waals surface area contributed by atoms with Gasteiger partial charge in [-0.3, -0.25) is 0 Å². The molecule has 2 atom stereocenters. The molecule has 5 heteroatoms. The summed E-state index contributed by atoms with van der Waals surface area (Å²) in [6.45, 7) is 37.3. The van der Waals surface area contributed by atoms with Crippen molar-refractivity contribution in [1.82, 2.24) is 0 Å². The number of aromatic nitrogens is 5. The highest BCUT2D eigenvalue weighted by molar-refractivity contribution is 5.66. The van der Waals surface area contributed by atoms with Crippen LogP contribution >= 0.6 is 0 Å². The molecule has 0 bridgehead atoms. The predicted molar refractivity (Wildman–Crippen MR) is 453 cm³/mol. The molecule has 10 aromatic rings. The van der Waals surface area contributed by atoms with Gasteiger partial charge in [-0.1, -0.05) is 225 Å². The van der Waals surface area contributed by atoms with E-state index in [1.54, 1.807) is 17.8 Å². The summed E-state index contributed by atoms with van der Waals surface area (Å²) >= 11 is 0. The zero-order valence-corrected chi connectivity index (χ0v) is 64.6. The van der Waals surface area contributed by atoms with Gasteiger partial charge in [0.05, 0.1) is 0 Å². The van der Waals surface area contributed by atoms with Crippen LogP contribution in [0.3, 0.4) is 0 Å². The summed E-state index contributed by atoms with van der Waals surface area (Å²) in [4.78, 5) is 0. The highest BCUT2D eigenvalue weighted by Crippen LogP contribution is 2.33. The first-order chi connectivity index (χ1) is 50.6. The van der Waals surface area contributed by atoms with Gasteiger partial charge in [0, 0.05) is 102 Å². The van der Waals surface area contributed by atoms with Crippen LogP contribution in [0, 0.1) is 85.0 Å². The maximum Gasteiger partial charge on any atom is 0.216 e. The topological polar surface area (TPSA) is 19.4 Å². The lowest BCUT2D eigenvalue weighted by molar-refractivity contribution is -0.661. The molecule has 5 heterocycles. The third-order valence-corrected chi connectivity index (χ3v) is 17.6. The molecular weight excluding hydrogens is 1250 g/mol. The average Bonchev–Trinajstić information content (AvgIpc) is 0.742. The number of aryl methyl sites for hydroxylation is 14. The third kappa shape index (κ3) is 26.5. The normalized spacial score (nSPS) is 14.2. The fourth-order valence-corrected chi connectivity index (χ4v) is 12.4. The minimum absolute atomic E-state index is 0. The zero-order chi connectivity index (χ0) is 83.1. The maximum atomic E-state index is 8.66. The molecule has 0 fully saturated rings. The van der Waals surface area contributed by atoms with E-state index >= 15 is 0 Å². The quantitative estimate of drug-likeness (QED) is 0.103. The first-order valence-electron chi connectivity index (χ1n) is 40.9. The standard InChI is InChI=1S/3C19H26N.2C18H24N.5CH4/c2*1-14-9-7-8-10-17(14)18-11-15(2)16(13-20(18)6)12-19(3,4)5;1-13(2)16-11-18(14(3)4)19(20(6)12-16)17-10-8-7-9-15(17)5;2*1-13(2)10-16-12-19(5)18(11-15(16)4)17-9-7-6-8-14(17)3;;;;;/h2*7-11,13H,12H2,1-6H3;7-14H,1-6H3;2*6-9,11-13H,10H2,1-5H3;5*1H4/q5*+1;;;;;/i12D2;;1D3,3D3,13D,14D;10D2;;;;;;. The minimum Gasteiger partial charge on any atom is -0.201 e. The summed E-state index contributed by atoms with van der Waals surface area (Å²) < 4.78 is 108. The number of pyridine rings is 5. The van der Waals surface area contributed by atoms with E-state index in [0.29, 0.717) is 17.0 Å². The average molecular weight is 1410 g/mol. The first-order valence-corrected chi connectivity index (χ1v) is 34.9. The Morgan fingerprint density at radius 3 is 0.990 bits per heavy atom. The maximum absolute atomic E-state index is 8.66. The van der Waals surface area contributed by atoms with Gasteiger partial charge in [-0.25, -0.2) is 22.8 Å². The molecule has 0 N–H and O–H groups in total. The summed E-state index contributed by atoms with van der Waals surface area (Å²) in [6.07, 6.45) is 9.58. The van der Waals surface area contributed by atoms with Crippen molar-refractivity contribution in [1.29, 1.82) is 0 Å². The number of hydrogen-bond acceptors (Lipinski definition) is 0. The number of nitrogens with zero attached hydrogens (tertiary/aromatic N) is 5. The van der Waals surface area contributed by atoms with Gasteiger partial charge in [-0.2, -0.15) is 0 Å². The van der Waals surface area contributed by atoms with E-state index in [1.165, 1.54) is 98.1 Å². The van der Waals surface area contributed by atoms with Gasteiger partial charge in [0.25, 0.3) is 0 Å². The molecule has 0 radical (unpaired) electrons. The van der Waals surface area contributed by atoms with E-state index in [9.17, 15) is 0 Å². The highest BCUT2D eigenvalue weighted by Gasteiger charge is 2.25. The van der Waals surface area contributed by atoms with Crippen molar-refractivity contribution in [3.05, 3.63) is 266 Å². The van der Waals surface area contributed by atoms with Crippen LogP contribution in [0.15, 0.2) is 183 Å². The van der Waals surface area contributed by atoms with Crippen LogP contribution in [-0.4, -0.2) is 0 Å². The minimum atomic E-state index is -2.64. The molecule has 0 aliphatic heterocycles. The van der Waals surface area contributed by atoms with Gasteiger partial charge in [0.1, 0.15) is 35.2 Å². The van der Waals surface area contributed by atoms with Gasteiger partial charge in [-0.05, 0) is 209 Å². The van der Waals surface area contributed by atoms with Gasteiger partial charge in [0.15, 0.2) is 31.0 Å². The second-order valence-electron chi connectivity index (χ2n) is 30.1. The zero-order valence-electron chi connectivity index (χ0n) is 76.6. The molecule has 5 nitrogen and oxygen atoms in total. The summed E-state index contributed by atoms with van der Waals surface area (Å²) in [6, 6.07) is 51.4. The molecule has 5 aromatic heterocycles. The molecule has 0 aliphatic carbocycles. The van der Waals surface area contributed by atoms with Crippen LogP contribution in [0.4, 0.5) is 0 Å². The van der Waals surface area contributed by atoms with Crippen molar-refractivity contribution >= 4 is 0 Å². The lowest BCUT2D eigenvalue weighted by atomic mass is 9.87. The molecule has 0 saturated heterocycles. The Morgan fingerprint density at radius 1 is 0.350 bits per heavy atom. The molecule has 0 saturated carbocycles. The predicted octanol–water partition coefficient (Wildman–Crippen LogP) is 24.7. The van der Waals surface area contributed by atoms with Crippen molar-refractivity contribution < 1.29 is 39.3 Å². The van der Waals surface area contributed by atoms with Crippen LogP contribution < -0.4 is 22.8 Å². The Labute approximate surface area is 650 Å². The Morgan fingerprint density at radius 2 is 0.660 bits per heavy atom. The van der Waals surface area contributed by atoms with Gasteiger partial charge < -0.3 is 0 Å². The number of benzene rings is 5. The van der Waals surface area contributed by atoms with E-state index in [1.807, 2.05) is 140 Å². The molecule has 10 rings (SSSR count).